The molecule has 726 valence electrons. The highest BCUT2D eigenvalue weighted by Gasteiger charge is 2.30. The Morgan fingerprint density at radius 2 is 0.805 bits per heavy atom. The molecule has 11 aromatic rings. The van der Waals surface area contributed by atoms with Crippen molar-refractivity contribution in [2.45, 2.75) is 123 Å². The minimum absolute atomic E-state index is 0.00287. The number of nitrogens with two attached hydrogens (primary N) is 12. The van der Waals surface area contributed by atoms with Crippen molar-refractivity contribution in [3.63, 3.8) is 0 Å². The van der Waals surface area contributed by atoms with Gasteiger partial charge in [-0.15, -0.1) is 0 Å². The van der Waals surface area contributed by atoms with E-state index in [1.54, 1.807) is 55.5 Å². The number of aliphatic hydroxyl groups excluding tert-OH is 1. The number of methoxy groups -OCH3 is 1. The topological polar surface area (TPSA) is 685 Å². The molecular formula is C87H103Br5Cl4F4N14O19. The predicted molar refractivity (Wildman–Crippen MR) is 535 cm³/mol. The molecule has 11 rings (SSSR count). The van der Waals surface area contributed by atoms with Gasteiger partial charge in [-0.05, 0) is 314 Å². The number of nitrogen functional groups attached to an aromatic ring is 11. The zero-order valence-electron chi connectivity index (χ0n) is 74.1. The molecule has 0 bridgehead atoms. The molecule has 0 aliphatic rings. The van der Waals surface area contributed by atoms with Crippen LogP contribution in [0.15, 0.2) is 95.2 Å². The third-order valence-electron chi connectivity index (χ3n) is 18.9. The Morgan fingerprint density at radius 3 is 1.27 bits per heavy atom. The number of phenols is 11. The highest BCUT2D eigenvalue weighted by molar-refractivity contribution is 9.11. The van der Waals surface area contributed by atoms with E-state index in [1.165, 1.54) is 14.0 Å². The highest BCUT2D eigenvalue weighted by Crippen LogP contribution is 2.45. The molecule has 0 saturated heterocycles. The monoisotopic (exact) mass is 2260 g/mol. The molecule has 0 fully saturated rings. The molecule has 33 nitrogen and oxygen atoms in total. The smallest absolute Gasteiger partial charge is 0.373 e. The summed E-state index contributed by atoms with van der Waals surface area (Å²) in [6.45, 7) is 27.8. The summed E-state index contributed by atoms with van der Waals surface area (Å²) in [5.41, 5.74) is 81.1. The molecule has 0 aliphatic heterocycles. The SMILES string of the molecule is COc1cc(N)c(C)c(C)c1O.Cc1c(N)cc(Br)c(O)c1Br.Cc1c(N)cc(C(C)C)c(O)c1Br.Cc1c(N)cc([N+](=O)[O-])c(O)c1[N+](=O)[O-].Cc1cc(N)c(C)c(C)c1O.Cc1cc(N)c(C)c(CN)c1O.Cc1cc(N)c(Cl)c(Cl)c1O.Cc1cc(O)c(C)cc1N.Nc1cc(Br)c(O)c(Br)c1CCO.Nc1cc(Cl)c(O)c(Cl)c1F.Nc1cc(F)c(O)c(F)c1F.O=C=O. The van der Waals surface area contributed by atoms with E-state index < -0.39 is 72.4 Å². The van der Waals surface area contributed by atoms with E-state index in [-0.39, 0.29) is 79.4 Å². The van der Waals surface area contributed by atoms with Crippen molar-refractivity contribution < 1.29 is 103 Å². The van der Waals surface area contributed by atoms with Gasteiger partial charge in [0.25, 0.3) is 5.75 Å². The van der Waals surface area contributed by atoms with Crippen LogP contribution in [-0.4, -0.2) is 91.0 Å². The fourth-order valence-electron chi connectivity index (χ4n) is 10.3. The number of aliphatic hydroxyl groups is 1. The molecule has 0 radical (unpaired) electrons. The fourth-order valence-corrected chi connectivity index (χ4v) is 14.1. The van der Waals surface area contributed by atoms with Crippen LogP contribution in [0.25, 0.3) is 0 Å². The Hall–Kier alpha value is -11.8. The van der Waals surface area contributed by atoms with Crippen molar-refractivity contribution in [3.8, 4) is 69.0 Å². The second-order valence-corrected chi connectivity index (χ2v) is 34.0. The molecule has 36 N–H and O–H groups in total. The number of nitrogens with zero attached hydrogens (tertiary/aromatic N) is 2. The normalized spacial score (nSPS) is 9.98. The number of nitro groups is 2. The Morgan fingerprint density at radius 1 is 0.391 bits per heavy atom. The lowest BCUT2D eigenvalue weighted by molar-refractivity contribution is -0.396. The number of phenolic OH excluding ortho intramolecular Hbond substituents is 11. The van der Waals surface area contributed by atoms with Crippen molar-refractivity contribution in [1.29, 1.82) is 0 Å². The zero-order chi connectivity index (χ0) is 104. The third-order valence-corrected chi connectivity index (χ3v) is 24.4. The van der Waals surface area contributed by atoms with Crippen LogP contribution in [0.2, 0.25) is 20.1 Å². The fraction of sp³-hybridized carbons (Fsp3) is 0.230. The molecule has 0 saturated carbocycles. The van der Waals surface area contributed by atoms with Crippen molar-refractivity contribution in [1.82, 2.24) is 0 Å². The first-order chi connectivity index (χ1) is 61.2. The van der Waals surface area contributed by atoms with Gasteiger partial charge in [-0.25, -0.2) is 13.2 Å². The molecule has 0 aliphatic carbocycles. The Balaban J connectivity index is 0.00000144. The second-order valence-electron chi connectivity index (χ2n) is 28.4. The lowest BCUT2D eigenvalue weighted by Crippen LogP contribution is -2.03. The van der Waals surface area contributed by atoms with E-state index in [4.69, 9.17) is 150 Å². The van der Waals surface area contributed by atoms with Crippen LogP contribution >= 0.6 is 126 Å². The third kappa shape index (κ3) is 33.7. The van der Waals surface area contributed by atoms with Crippen molar-refractivity contribution in [2.75, 3.05) is 76.8 Å². The highest BCUT2D eigenvalue weighted by atomic mass is 79.9. The number of nitro benzene ring substituents is 2. The first kappa shape index (κ1) is 121. The van der Waals surface area contributed by atoms with E-state index in [0.29, 0.717) is 104 Å². The minimum atomic E-state index is -1.66. The molecule has 46 heteroatoms. The molecule has 133 heavy (non-hydrogen) atoms. The molecular weight excluding hydrogens is 2160 g/mol. The van der Waals surface area contributed by atoms with Gasteiger partial charge in [0.1, 0.15) is 50.3 Å². The average Bonchev–Trinajstić information content (AvgIpc) is 0.805. The number of hydrogen-bond acceptors (Lipinski definition) is 31. The number of benzene rings is 11. The Labute approximate surface area is 824 Å². The average molecular weight is 2270 g/mol. The standard InChI is InChI=1S/C10H14BrNO.C9H14N2O.C9H13NO2.C9H13NO.C8H9Br2NO2.C8H11NO.C7H7Br2NO.C7H7Cl2NO.C7H7N3O5.C6H4Cl2FNO.C6H4F3NO.CO2/c1-5(2)7-4-8(12)6(3)9(11)10(7)13;1-5-3-8(11)6(2)7(4-10)9(5)12;1-5-6(2)9(11)8(12-3)4-7(5)10;1-5-4-8(10)6(2)7(3)9(5)11;9-5-3-6(11)4(1-2-12)7(10)8(5)13;1-5-4-8(10)6(2)3-7(5)9;1-3-5(10)2-4(8)7(11)6(3)9;1-3-2-4(10)5(8)6(9)7(3)11;1-3-4(8)2-5(9(12)13)7(11)6(3)10(14)15;7-2-1-3(10)5(9)4(8)6(2)11;7-2-1-3(10)4(8)5(9)6(2)11;2-1-3/h4-5,13H,12H2,1-3H3;3,12H,4,10-11H2,1-2H3;4,11H,10H2,1-3H3;4,11H,10H2,1-3H3;3,12-13H,1-2,11H2;3-4,10H,9H2,1-2H3;2*2,11H,10H2,1H3;2,11H,8H2,1H3;2*1,11H,10H2;. The second kappa shape index (κ2) is 55.0. The summed E-state index contributed by atoms with van der Waals surface area (Å²) in [7, 11) is 1.50. The number of anilines is 11. The lowest BCUT2D eigenvalue weighted by Gasteiger charge is -2.13. The van der Waals surface area contributed by atoms with Crippen LogP contribution < -0.4 is 73.5 Å². The summed E-state index contributed by atoms with van der Waals surface area (Å²) < 4.78 is 57.6. The van der Waals surface area contributed by atoms with Crippen LogP contribution in [0.5, 0.6) is 69.0 Å². The molecule has 0 aromatic heterocycles. The largest absolute Gasteiger partial charge is 0.508 e. The van der Waals surface area contributed by atoms with Gasteiger partial charge < -0.3 is 135 Å². The van der Waals surface area contributed by atoms with Gasteiger partial charge in [-0.3, -0.25) is 20.2 Å². The number of ether oxygens (including phenoxy) is 1. The molecule has 0 atom stereocenters. The van der Waals surface area contributed by atoms with Crippen LogP contribution in [0, 0.1) is 134 Å². The maximum Gasteiger partial charge on any atom is 0.373 e. The molecule has 0 unspecified atom stereocenters. The predicted octanol–water partition coefficient (Wildman–Crippen LogP) is 21.1. The molecule has 0 spiro atoms. The van der Waals surface area contributed by atoms with Crippen molar-refractivity contribution in [3.05, 3.63) is 248 Å². The molecule has 0 amide bonds. The van der Waals surface area contributed by atoms with Crippen LogP contribution in [0.3, 0.4) is 0 Å². The minimum Gasteiger partial charge on any atom is -0.508 e. The van der Waals surface area contributed by atoms with Gasteiger partial charge in [-0.1, -0.05) is 60.3 Å². The summed E-state index contributed by atoms with van der Waals surface area (Å²) in [5, 5.41) is 132. The van der Waals surface area contributed by atoms with Gasteiger partial charge in [0, 0.05) is 82.4 Å². The van der Waals surface area contributed by atoms with Crippen LogP contribution in [0.1, 0.15) is 109 Å². The Kier molecular flexibility index (Phi) is 50.1. The summed E-state index contributed by atoms with van der Waals surface area (Å²) in [4.78, 5) is 35.4. The van der Waals surface area contributed by atoms with E-state index in [2.05, 4.69) is 79.6 Å². The zero-order valence-corrected chi connectivity index (χ0v) is 85.0. The number of aromatic hydroxyl groups is 11. The summed E-state index contributed by atoms with van der Waals surface area (Å²) >= 11 is 38.1. The number of hydrogen-bond donors (Lipinski definition) is 24. The summed E-state index contributed by atoms with van der Waals surface area (Å²) in [5.74, 6) is -5.64. The van der Waals surface area contributed by atoms with Crippen molar-refractivity contribution in [2.24, 2.45) is 5.73 Å². The first-order valence-electron chi connectivity index (χ1n) is 37.6. The van der Waals surface area contributed by atoms with Gasteiger partial charge >= 0.3 is 17.5 Å². The number of carbonyl (C=O) groups excluding carboxylic acids is 2. The summed E-state index contributed by atoms with van der Waals surface area (Å²) in [6, 6.07) is 17.8. The number of aryl methyl sites for hydroxylation is 5. The quantitative estimate of drug-likeness (QED) is 0.0176. The van der Waals surface area contributed by atoms with Gasteiger partial charge in [0.2, 0.25) is 5.82 Å². The maximum absolute atomic E-state index is 12.7. The van der Waals surface area contributed by atoms with E-state index in [1.807, 2.05) is 96.1 Å². The molecule has 0 heterocycles. The van der Waals surface area contributed by atoms with Gasteiger partial charge in [0.15, 0.2) is 40.4 Å². The van der Waals surface area contributed by atoms with Crippen LogP contribution in [-0.2, 0) is 22.6 Å². The Bertz CT molecular complexity index is 5520. The number of rotatable bonds is 7. The van der Waals surface area contributed by atoms with E-state index in [0.717, 1.165) is 101 Å². The molecule has 11 aromatic carbocycles. The van der Waals surface area contributed by atoms with Crippen LogP contribution in [0.4, 0.5) is 91.5 Å². The lowest BCUT2D eigenvalue weighted by atomic mass is 9.99. The van der Waals surface area contributed by atoms with E-state index >= 15 is 0 Å². The number of halogens is 13. The van der Waals surface area contributed by atoms with Crippen molar-refractivity contribution >= 4 is 206 Å². The van der Waals surface area contributed by atoms with E-state index in [9.17, 15) is 78.6 Å². The summed E-state index contributed by atoms with van der Waals surface area (Å²) in [6.07, 6.45) is 0.674. The van der Waals surface area contributed by atoms with Gasteiger partial charge in [0.05, 0.1) is 72.0 Å². The van der Waals surface area contributed by atoms with Gasteiger partial charge in [-0.2, -0.15) is 14.0 Å². The first-order valence-corrected chi connectivity index (χ1v) is 43.1. The maximum atomic E-state index is 12.7.